The minimum Gasteiger partial charge on any atom is -0.356 e. The molecule has 0 unspecified atom stereocenters. The highest BCUT2D eigenvalue weighted by Crippen LogP contribution is 2.21. The molecule has 1 aromatic rings. The molecule has 17 heavy (non-hydrogen) atoms. The Morgan fingerprint density at radius 1 is 1.29 bits per heavy atom. The van der Waals surface area contributed by atoms with Crippen LogP contribution in [0.25, 0.3) is 0 Å². The lowest BCUT2D eigenvalue weighted by atomic mass is 10.3. The molecule has 0 fully saturated rings. The van der Waals surface area contributed by atoms with Crippen molar-refractivity contribution in [2.45, 2.75) is 19.8 Å². The van der Waals surface area contributed by atoms with E-state index in [4.69, 9.17) is 0 Å². The molecule has 0 atom stereocenters. The predicted molar refractivity (Wildman–Crippen MR) is 72.3 cm³/mol. The summed E-state index contributed by atoms with van der Waals surface area (Å²) in [5.41, 5.74) is 0. The maximum atomic E-state index is 11.6. The third-order valence-electron chi connectivity index (χ3n) is 2.01. The summed E-state index contributed by atoms with van der Waals surface area (Å²) in [6, 6.07) is 3.58. The lowest BCUT2D eigenvalue weighted by Gasteiger charge is -2.04. The van der Waals surface area contributed by atoms with Crippen molar-refractivity contribution in [2.75, 3.05) is 13.1 Å². The topological polar surface area (TPSA) is 58.2 Å². The molecule has 2 N–H and O–H groups in total. The predicted octanol–water partition coefficient (Wildman–Crippen LogP) is 2.16. The molecule has 4 nitrogen and oxygen atoms in total. The first-order valence-electron chi connectivity index (χ1n) is 5.43. The Balaban J connectivity index is 2.23. The Morgan fingerprint density at radius 2 is 2.06 bits per heavy atom. The van der Waals surface area contributed by atoms with E-state index >= 15 is 0 Å². The zero-order valence-electron chi connectivity index (χ0n) is 9.59. The highest BCUT2D eigenvalue weighted by molar-refractivity contribution is 9.11. The lowest BCUT2D eigenvalue weighted by molar-refractivity contribution is -0.120. The molecule has 6 heteroatoms. The number of carbonyl (C=O) groups excluding carboxylic acids is 2. The lowest BCUT2D eigenvalue weighted by Crippen LogP contribution is -2.30. The van der Waals surface area contributed by atoms with Gasteiger partial charge in [-0.1, -0.05) is 6.92 Å². The van der Waals surface area contributed by atoms with Crippen LogP contribution in [0.4, 0.5) is 0 Å². The quantitative estimate of drug-likeness (QED) is 0.844. The number of amides is 2. The molecule has 0 aromatic carbocycles. The molecule has 0 saturated heterocycles. The fraction of sp³-hybridized carbons (Fsp3) is 0.455. The van der Waals surface area contributed by atoms with Gasteiger partial charge >= 0.3 is 0 Å². The zero-order valence-corrected chi connectivity index (χ0v) is 12.0. The van der Waals surface area contributed by atoms with Crippen molar-refractivity contribution >= 4 is 39.1 Å². The van der Waals surface area contributed by atoms with Crippen LogP contribution in [0.5, 0.6) is 0 Å². The standard InChI is InChI=1S/C11H15BrN2O2S/c1-2-6-13-10(15)5-7-14-11(16)8-3-4-9(12)17-8/h3-4H,2,5-7H2,1H3,(H,13,15)(H,14,16). The number of thiophene rings is 1. The van der Waals surface area contributed by atoms with Gasteiger partial charge in [-0.25, -0.2) is 0 Å². The Hall–Kier alpha value is -0.880. The summed E-state index contributed by atoms with van der Waals surface area (Å²) in [6.45, 7) is 3.05. The average molecular weight is 319 g/mol. The highest BCUT2D eigenvalue weighted by atomic mass is 79.9. The first-order valence-corrected chi connectivity index (χ1v) is 7.04. The zero-order chi connectivity index (χ0) is 12.7. The van der Waals surface area contributed by atoms with Gasteiger partial charge in [-0.2, -0.15) is 0 Å². The third kappa shape index (κ3) is 5.32. The van der Waals surface area contributed by atoms with E-state index in [9.17, 15) is 9.59 Å². The molecule has 1 rings (SSSR count). The van der Waals surface area contributed by atoms with E-state index in [1.807, 2.05) is 13.0 Å². The van der Waals surface area contributed by atoms with Crippen LogP contribution >= 0.6 is 27.3 Å². The summed E-state index contributed by atoms with van der Waals surface area (Å²) in [5.74, 6) is -0.163. The van der Waals surface area contributed by atoms with Crippen molar-refractivity contribution in [3.63, 3.8) is 0 Å². The van der Waals surface area contributed by atoms with Gasteiger partial charge in [0.1, 0.15) is 0 Å². The van der Waals surface area contributed by atoms with Crippen molar-refractivity contribution in [3.8, 4) is 0 Å². The van der Waals surface area contributed by atoms with Gasteiger partial charge in [0.25, 0.3) is 5.91 Å². The second-order valence-electron chi connectivity index (χ2n) is 3.46. The van der Waals surface area contributed by atoms with Gasteiger partial charge in [0.2, 0.25) is 5.91 Å². The second-order valence-corrected chi connectivity index (χ2v) is 5.92. The molecule has 0 saturated carbocycles. The first-order chi connectivity index (χ1) is 8.13. The van der Waals surface area contributed by atoms with Crippen molar-refractivity contribution in [1.82, 2.24) is 10.6 Å². The van der Waals surface area contributed by atoms with Gasteiger partial charge in [0.05, 0.1) is 8.66 Å². The first kappa shape index (κ1) is 14.2. The van der Waals surface area contributed by atoms with Gasteiger partial charge in [-0.3, -0.25) is 9.59 Å². The van der Waals surface area contributed by atoms with Crippen LogP contribution in [-0.2, 0) is 4.79 Å². The summed E-state index contributed by atoms with van der Waals surface area (Å²) in [7, 11) is 0. The summed E-state index contributed by atoms with van der Waals surface area (Å²) in [6.07, 6.45) is 1.24. The number of rotatable bonds is 6. The van der Waals surface area contributed by atoms with Crippen LogP contribution in [-0.4, -0.2) is 24.9 Å². The van der Waals surface area contributed by atoms with E-state index in [1.165, 1.54) is 11.3 Å². The van der Waals surface area contributed by atoms with Crippen LogP contribution in [0.15, 0.2) is 15.9 Å². The maximum absolute atomic E-state index is 11.6. The van der Waals surface area contributed by atoms with Crippen LogP contribution in [0.3, 0.4) is 0 Å². The summed E-state index contributed by atoms with van der Waals surface area (Å²) >= 11 is 4.67. The number of carbonyl (C=O) groups is 2. The fourth-order valence-corrected chi connectivity index (χ4v) is 2.47. The van der Waals surface area contributed by atoms with Gasteiger partial charge in [0, 0.05) is 19.5 Å². The van der Waals surface area contributed by atoms with Gasteiger partial charge in [-0.15, -0.1) is 11.3 Å². The molecule has 0 aliphatic carbocycles. The fourth-order valence-electron chi connectivity index (χ4n) is 1.17. The summed E-state index contributed by atoms with van der Waals surface area (Å²) < 4.78 is 0.920. The molecular formula is C11H15BrN2O2S. The van der Waals surface area contributed by atoms with Crippen molar-refractivity contribution in [1.29, 1.82) is 0 Å². The Bertz CT molecular complexity index is 393. The molecule has 1 aromatic heterocycles. The van der Waals surface area contributed by atoms with E-state index < -0.39 is 0 Å². The molecule has 0 bridgehead atoms. The molecule has 2 amide bonds. The third-order valence-corrected chi connectivity index (χ3v) is 3.63. The Kier molecular flexibility index (Phi) is 6.21. The van der Waals surface area contributed by atoms with Crippen LogP contribution in [0.1, 0.15) is 29.4 Å². The summed E-state index contributed by atoms with van der Waals surface area (Å²) in [5, 5.41) is 5.46. The van der Waals surface area contributed by atoms with E-state index in [2.05, 4.69) is 26.6 Å². The monoisotopic (exact) mass is 318 g/mol. The number of hydrogen-bond acceptors (Lipinski definition) is 3. The SMILES string of the molecule is CCCNC(=O)CCNC(=O)c1ccc(Br)s1. The summed E-state index contributed by atoms with van der Waals surface area (Å²) in [4.78, 5) is 23.5. The molecule has 0 spiro atoms. The van der Waals surface area contributed by atoms with Crippen LogP contribution in [0.2, 0.25) is 0 Å². The maximum Gasteiger partial charge on any atom is 0.261 e. The molecular weight excluding hydrogens is 304 g/mol. The number of hydrogen-bond donors (Lipinski definition) is 2. The number of halogens is 1. The Morgan fingerprint density at radius 3 is 2.65 bits per heavy atom. The smallest absolute Gasteiger partial charge is 0.261 e. The van der Waals surface area contributed by atoms with Crippen LogP contribution in [0, 0.1) is 0 Å². The molecule has 0 aliphatic rings. The van der Waals surface area contributed by atoms with E-state index in [0.717, 1.165) is 10.2 Å². The second kappa shape index (κ2) is 7.45. The molecule has 0 aliphatic heterocycles. The normalized spacial score (nSPS) is 10.0. The van der Waals surface area contributed by atoms with Crippen molar-refractivity contribution < 1.29 is 9.59 Å². The van der Waals surface area contributed by atoms with Gasteiger partial charge in [0.15, 0.2) is 0 Å². The average Bonchev–Trinajstić information content (AvgIpc) is 2.73. The van der Waals surface area contributed by atoms with E-state index in [0.29, 0.717) is 24.4 Å². The minimum absolute atomic E-state index is 0.0282. The Labute approximate surface area is 113 Å². The molecule has 1 heterocycles. The number of nitrogens with one attached hydrogen (secondary N) is 2. The highest BCUT2D eigenvalue weighted by Gasteiger charge is 2.08. The largest absolute Gasteiger partial charge is 0.356 e. The van der Waals surface area contributed by atoms with Gasteiger partial charge in [-0.05, 0) is 34.5 Å². The van der Waals surface area contributed by atoms with Gasteiger partial charge < -0.3 is 10.6 Å². The van der Waals surface area contributed by atoms with E-state index in [-0.39, 0.29) is 11.8 Å². The molecule has 0 radical (unpaired) electrons. The van der Waals surface area contributed by atoms with Crippen molar-refractivity contribution in [3.05, 3.63) is 20.8 Å². The minimum atomic E-state index is -0.135. The van der Waals surface area contributed by atoms with E-state index in [1.54, 1.807) is 6.07 Å². The van der Waals surface area contributed by atoms with Crippen molar-refractivity contribution in [2.24, 2.45) is 0 Å². The molecule has 94 valence electrons. The van der Waals surface area contributed by atoms with Crippen LogP contribution < -0.4 is 10.6 Å².